The Bertz CT molecular complexity index is 484. The maximum absolute atomic E-state index is 11.7. The summed E-state index contributed by atoms with van der Waals surface area (Å²) >= 11 is 3.51. The van der Waals surface area contributed by atoms with Crippen molar-refractivity contribution in [1.29, 1.82) is 0 Å². The lowest BCUT2D eigenvalue weighted by Gasteiger charge is -2.30. The first kappa shape index (κ1) is 16.3. The van der Waals surface area contributed by atoms with Crippen molar-refractivity contribution in [3.05, 3.63) is 28.2 Å². The van der Waals surface area contributed by atoms with Crippen LogP contribution in [-0.4, -0.2) is 37.7 Å². The Balaban J connectivity index is 1.86. The number of esters is 1. The summed E-state index contributed by atoms with van der Waals surface area (Å²) in [6.07, 6.45) is 1.77. The number of hydrogen-bond acceptors (Lipinski definition) is 4. The van der Waals surface area contributed by atoms with E-state index in [-0.39, 0.29) is 11.9 Å². The molecule has 0 unspecified atom stereocenters. The molecule has 1 fully saturated rings. The fourth-order valence-electron chi connectivity index (χ4n) is 2.65. The lowest BCUT2D eigenvalue weighted by Crippen LogP contribution is -2.36. The molecule has 1 aliphatic heterocycles. The van der Waals surface area contributed by atoms with Crippen LogP contribution in [0, 0.1) is 5.92 Å². The van der Waals surface area contributed by atoms with Gasteiger partial charge in [-0.15, -0.1) is 0 Å². The average Bonchev–Trinajstić information content (AvgIpc) is 2.48. The highest BCUT2D eigenvalue weighted by molar-refractivity contribution is 9.10. The van der Waals surface area contributed by atoms with Gasteiger partial charge in [0.2, 0.25) is 0 Å². The third-order valence-electron chi connectivity index (χ3n) is 3.83. The highest BCUT2D eigenvalue weighted by atomic mass is 79.9. The standard InChI is InChI=1S/C16H22BrNO3/c1-3-21-16(19)13-6-8-18(9-7-13)11-12-4-5-15(20-2)14(17)10-12/h4-5,10,13H,3,6-9,11H2,1-2H3. The first-order valence-electron chi connectivity index (χ1n) is 7.35. The molecule has 0 amide bonds. The van der Waals surface area contributed by atoms with Crippen LogP contribution in [0.4, 0.5) is 0 Å². The molecule has 1 saturated heterocycles. The fourth-order valence-corrected chi connectivity index (χ4v) is 3.24. The van der Waals surface area contributed by atoms with Gasteiger partial charge >= 0.3 is 5.97 Å². The molecule has 0 saturated carbocycles. The van der Waals surface area contributed by atoms with E-state index in [9.17, 15) is 4.79 Å². The Morgan fingerprint density at radius 2 is 2.10 bits per heavy atom. The van der Waals surface area contributed by atoms with E-state index in [0.717, 1.165) is 42.7 Å². The van der Waals surface area contributed by atoms with Crippen LogP contribution in [0.25, 0.3) is 0 Å². The summed E-state index contributed by atoms with van der Waals surface area (Å²) in [7, 11) is 1.67. The van der Waals surface area contributed by atoms with Crippen molar-refractivity contribution < 1.29 is 14.3 Å². The zero-order valence-electron chi connectivity index (χ0n) is 12.6. The van der Waals surface area contributed by atoms with Crippen molar-refractivity contribution in [2.24, 2.45) is 5.92 Å². The average molecular weight is 356 g/mol. The van der Waals surface area contributed by atoms with Crippen LogP contribution < -0.4 is 4.74 Å². The normalized spacial score (nSPS) is 16.7. The lowest BCUT2D eigenvalue weighted by molar-refractivity contribution is -0.149. The number of rotatable bonds is 5. The second-order valence-corrected chi connectivity index (χ2v) is 6.13. The van der Waals surface area contributed by atoms with E-state index in [2.05, 4.69) is 33.0 Å². The summed E-state index contributed by atoms with van der Waals surface area (Å²) in [4.78, 5) is 14.1. The van der Waals surface area contributed by atoms with Crippen LogP contribution in [0.2, 0.25) is 0 Å². The Hall–Kier alpha value is -1.07. The third kappa shape index (κ3) is 4.45. The molecule has 1 aromatic rings. The predicted octanol–water partition coefficient (Wildman–Crippen LogP) is 3.23. The summed E-state index contributed by atoms with van der Waals surface area (Å²) < 4.78 is 11.3. The quantitative estimate of drug-likeness (QED) is 0.760. The molecule has 1 aliphatic rings. The molecule has 4 nitrogen and oxygen atoms in total. The number of methoxy groups -OCH3 is 1. The number of nitrogens with zero attached hydrogens (tertiary/aromatic N) is 1. The van der Waals surface area contributed by atoms with Gasteiger partial charge in [-0.3, -0.25) is 9.69 Å². The van der Waals surface area contributed by atoms with E-state index < -0.39 is 0 Å². The van der Waals surface area contributed by atoms with Crippen LogP contribution in [-0.2, 0) is 16.1 Å². The second kappa shape index (κ2) is 7.80. The van der Waals surface area contributed by atoms with Crippen molar-refractivity contribution in [1.82, 2.24) is 4.90 Å². The Morgan fingerprint density at radius 1 is 1.38 bits per heavy atom. The monoisotopic (exact) mass is 355 g/mol. The smallest absolute Gasteiger partial charge is 0.309 e. The molecule has 0 spiro atoms. The zero-order valence-corrected chi connectivity index (χ0v) is 14.2. The first-order valence-corrected chi connectivity index (χ1v) is 8.14. The highest BCUT2D eigenvalue weighted by Gasteiger charge is 2.25. The van der Waals surface area contributed by atoms with Gasteiger partial charge in [0, 0.05) is 6.54 Å². The fraction of sp³-hybridized carbons (Fsp3) is 0.562. The van der Waals surface area contributed by atoms with Gasteiger partial charge in [-0.05, 0) is 66.5 Å². The van der Waals surface area contributed by atoms with Crippen LogP contribution in [0.3, 0.4) is 0 Å². The SMILES string of the molecule is CCOC(=O)C1CCN(Cc2ccc(OC)c(Br)c2)CC1. The van der Waals surface area contributed by atoms with Gasteiger partial charge in [-0.2, -0.15) is 0 Å². The Morgan fingerprint density at radius 3 is 2.67 bits per heavy atom. The molecular weight excluding hydrogens is 334 g/mol. The minimum absolute atomic E-state index is 0.0376. The summed E-state index contributed by atoms with van der Waals surface area (Å²) in [6.45, 7) is 5.10. The molecule has 0 radical (unpaired) electrons. The van der Waals surface area contributed by atoms with E-state index in [4.69, 9.17) is 9.47 Å². The zero-order chi connectivity index (χ0) is 15.2. The minimum atomic E-state index is -0.0376. The van der Waals surface area contributed by atoms with E-state index in [0.29, 0.717) is 6.61 Å². The number of hydrogen-bond donors (Lipinski definition) is 0. The van der Waals surface area contributed by atoms with Gasteiger partial charge in [-0.25, -0.2) is 0 Å². The molecule has 0 aromatic heterocycles. The van der Waals surface area contributed by atoms with E-state index in [1.54, 1.807) is 7.11 Å². The van der Waals surface area contributed by atoms with E-state index >= 15 is 0 Å². The molecule has 1 heterocycles. The summed E-state index contributed by atoms with van der Waals surface area (Å²) in [5.41, 5.74) is 1.25. The van der Waals surface area contributed by atoms with Crippen molar-refractivity contribution >= 4 is 21.9 Å². The maximum atomic E-state index is 11.7. The van der Waals surface area contributed by atoms with Gasteiger partial charge < -0.3 is 9.47 Å². The van der Waals surface area contributed by atoms with Gasteiger partial charge in [0.15, 0.2) is 0 Å². The third-order valence-corrected chi connectivity index (χ3v) is 4.45. The van der Waals surface area contributed by atoms with Gasteiger partial charge in [0.1, 0.15) is 5.75 Å². The van der Waals surface area contributed by atoms with Crippen molar-refractivity contribution in [3.63, 3.8) is 0 Å². The molecule has 2 rings (SSSR count). The van der Waals surface area contributed by atoms with Crippen molar-refractivity contribution in [2.75, 3.05) is 26.8 Å². The maximum Gasteiger partial charge on any atom is 0.309 e. The largest absolute Gasteiger partial charge is 0.496 e. The number of likely N-dealkylation sites (tertiary alicyclic amines) is 1. The number of halogens is 1. The molecule has 0 bridgehead atoms. The molecule has 21 heavy (non-hydrogen) atoms. The Labute approximate surface area is 134 Å². The molecule has 0 aliphatic carbocycles. The summed E-state index contributed by atoms with van der Waals surface area (Å²) in [6, 6.07) is 6.15. The number of ether oxygens (including phenoxy) is 2. The van der Waals surface area contributed by atoms with E-state index in [1.807, 2.05) is 13.0 Å². The first-order chi connectivity index (χ1) is 10.1. The van der Waals surface area contributed by atoms with Crippen molar-refractivity contribution in [3.8, 4) is 5.75 Å². The molecule has 0 N–H and O–H groups in total. The van der Waals surface area contributed by atoms with Crippen molar-refractivity contribution in [2.45, 2.75) is 26.3 Å². The molecular formula is C16H22BrNO3. The molecule has 5 heteroatoms. The van der Waals surface area contributed by atoms with Gasteiger partial charge in [0.05, 0.1) is 24.1 Å². The van der Waals surface area contributed by atoms with E-state index in [1.165, 1.54) is 5.56 Å². The lowest BCUT2D eigenvalue weighted by atomic mass is 9.96. The van der Waals surface area contributed by atoms with Gasteiger partial charge in [-0.1, -0.05) is 6.07 Å². The molecule has 0 atom stereocenters. The summed E-state index contributed by atoms with van der Waals surface area (Å²) in [5, 5.41) is 0. The second-order valence-electron chi connectivity index (χ2n) is 5.27. The van der Waals surface area contributed by atoms with Crippen LogP contribution in [0.15, 0.2) is 22.7 Å². The molecule has 116 valence electrons. The number of carbonyl (C=O) groups excluding carboxylic acids is 1. The van der Waals surface area contributed by atoms with Gasteiger partial charge in [0.25, 0.3) is 0 Å². The van der Waals surface area contributed by atoms with Crippen LogP contribution >= 0.6 is 15.9 Å². The molecule has 1 aromatic carbocycles. The van der Waals surface area contributed by atoms with Crippen LogP contribution in [0.5, 0.6) is 5.75 Å². The topological polar surface area (TPSA) is 38.8 Å². The minimum Gasteiger partial charge on any atom is -0.496 e. The Kier molecular flexibility index (Phi) is 6.06. The summed E-state index contributed by atoms with van der Waals surface area (Å²) in [5.74, 6) is 0.882. The number of carbonyl (C=O) groups is 1. The number of piperidine rings is 1. The van der Waals surface area contributed by atoms with Crippen LogP contribution in [0.1, 0.15) is 25.3 Å². The predicted molar refractivity (Wildman–Crippen MR) is 85.3 cm³/mol. The number of benzene rings is 1. The highest BCUT2D eigenvalue weighted by Crippen LogP contribution is 2.27.